The molecule has 2 amide bonds. The van der Waals surface area contributed by atoms with Crippen LogP contribution in [-0.2, 0) is 12.0 Å². The zero-order chi connectivity index (χ0) is 24.5. The first-order valence-corrected chi connectivity index (χ1v) is 11.4. The second kappa shape index (κ2) is 9.33. The minimum Gasteiger partial charge on any atom is -0.493 e. The number of benzene rings is 2. The van der Waals surface area contributed by atoms with Crippen LogP contribution in [-0.4, -0.2) is 43.4 Å². The van der Waals surface area contributed by atoms with Crippen LogP contribution in [0.25, 0.3) is 0 Å². The fraction of sp³-hybridized carbons (Fsp3) is 0.370. The Morgan fingerprint density at radius 2 is 1.59 bits per heavy atom. The van der Waals surface area contributed by atoms with Gasteiger partial charge in [0.1, 0.15) is 0 Å². The van der Waals surface area contributed by atoms with Gasteiger partial charge in [0.25, 0.3) is 0 Å². The fourth-order valence-electron chi connectivity index (χ4n) is 4.46. The first kappa shape index (κ1) is 23.5. The van der Waals surface area contributed by atoms with Crippen molar-refractivity contribution < 1.29 is 19.0 Å². The van der Waals surface area contributed by atoms with E-state index in [0.717, 1.165) is 23.5 Å². The summed E-state index contributed by atoms with van der Waals surface area (Å²) in [6, 6.07) is 15.4. The monoisotopic (exact) mass is 463 g/mol. The van der Waals surface area contributed by atoms with E-state index in [1.807, 2.05) is 47.5 Å². The van der Waals surface area contributed by atoms with Crippen LogP contribution in [0.4, 0.5) is 10.5 Å². The Kier molecular flexibility index (Phi) is 6.46. The Morgan fingerprint density at radius 1 is 0.941 bits per heavy atom. The summed E-state index contributed by atoms with van der Waals surface area (Å²) >= 11 is 0. The third-order valence-electron chi connectivity index (χ3n) is 6.30. The summed E-state index contributed by atoms with van der Waals surface area (Å²) in [4.78, 5) is 15.4. The molecule has 180 valence electrons. The largest absolute Gasteiger partial charge is 0.493 e. The number of nitrogens with zero attached hydrogens (tertiary/aromatic N) is 2. The highest BCUT2D eigenvalue weighted by molar-refractivity contribution is 5.90. The van der Waals surface area contributed by atoms with Crippen molar-refractivity contribution in [2.45, 2.75) is 38.8 Å². The maximum Gasteiger partial charge on any atom is 0.322 e. The lowest BCUT2D eigenvalue weighted by molar-refractivity contribution is 0.181. The molecule has 1 N–H and O–H groups in total. The average molecular weight is 464 g/mol. The van der Waals surface area contributed by atoms with Crippen LogP contribution in [0.5, 0.6) is 17.2 Å². The molecule has 1 aliphatic rings. The van der Waals surface area contributed by atoms with Crippen molar-refractivity contribution in [3.8, 4) is 17.2 Å². The number of urea groups is 1. The van der Waals surface area contributed by atoms with Crippen molar-refractivity contribution in [1.29, 1.82) is 0 Å². The maximum absolute atomic E-state index is 13.5. The van der Waals surface area contributed by atoms with Crippen molar-refractivity contribution in [1.82, 2.24) is 9.47 Å². The Bertz CT molecular complexity index is 1140. The second-order valence-corrected chi connectivity index (χ2v) is 9.44. The molecule has 2 aromatic carbocycles. The number of hydrogen-bond donors (Lipinski definition) is 1. The van der Waals surface area contributed by atoms with Gasteiger partial charge in [-0.25, -0.2) is 4.79 Å². The molecule has 1 atom stereocenters. The van der Waals surface area contributed by atoms with Crippen molar-refractivity contribution >= 4 is 11.7 Å². The second-order valence-electron chi connectivity index (χ2n) is 9.44. The Hall–Kier alpha value is -3.61. The number of methoxy groups -OCH3 is 3. The van der Waals surface area contributed by atoms with Crippen molar-refractivity contribution in [3.05, 3.63) is 71.5 Å². The SMILES string of the molecule is COc1cc([C@H]2c3cccn3CCN2C(=O)Nc2ccc(C(C)(C)C)cc2)cc(OC)c1OC. The zero-order valence-electron chi connectivity index (χ0n) is 20.7. The molecule has 7 heteroatoms. The number of amides is 2. The molecule has 4 rings (SSSR count). The molecule has 7 nitrogen and oxygen atoms in total. The molecule has 1 aromatic heterocycles. The lowest BCUT2D eigenvalue weighted by Gasteiger charge is -2.37. The lowest BCUT2D eigenvalue weighted by atomic mass is 9.87. The number of fused-ring (bicyclic) bond motifs is 1. The summed E-state index contributed by atoms with van der Waals surface area (Å²) < 4.78 is 18.8. The average Bonchev–Trinajstić information content (AvgIpc) is 3.31. The molecule has 0 unspecified atom stereocenters. The third-order valence-corrected chi connectivity index (χ3v) is 6.30. The summed E-state index contributed by atoms with van der Waals surface area (Å²) in [5.41, 5.74) is 3.95. The third kappa shape index (κ3) is 4.42. The summed E-state index contributed by atoms with van der Waals surface area (Å²) in [7, 11) is 4.77. The first-order valence-electron chi connectivity index (χ1n) is 11.4. The van der Waals surface area contributed by atoms with E-state index in [-0.39, 0.29) is 17.5 Å². The van der Waals surface area contributed by atoms with E-state index in [1.165, 1.54) is 5.56 Å². The van der Waals surface area contributed by atoms with Crippen LogP contribution >= 0.6 is 0 Å². The molecule has 1 aliphatic heterocycles. The van der Waals surface area contributed by atoms with Crippen molar-refractivity contribution in [2.75, 3.05) is 33.2 Å². The summed E-state index contributed by atoms with van der Waals surface area (Å²) in [6.07, 6.45) is 2.04. The van der Waals surface area contributed by atoms with Gasteiger partial charge >= 0.3 is 6.03 Å². The van der Waals surface area contributed by atoms with Crippen LogP contribution in [0.1, 0.15) is 43.6 Å². The topological polar surface area (TPSA) is 65.0 Å². The Morgan fingerprint density at radius 3 is 2.15 bits per heavy atom. The highest BCUT2D eigenvalue weighted by Crippen LogP contribution is 2.43. The van der Waals surface area contributed by atoms with Crippen molar-refractivity contribution in [2.24, 2.45) is 0 Å². The molecule has 3 aromatic rings. The molecular weight excluding hydrogens is 430 g/mol. The molecule has 2 heterocycles. The standard InChI is InChI=1S/C27H33N3O4/c1-27(2,3)19-9-11-20(12-10-19)28-26(31)30-15-14-29-13-7-8-21(29)24(30)18-16-22(32-4)25(34-6)23(17-18)33-5/h7-13,16-17,24H,14-15H2,1-6H3,(H,28,31)/t24-/m0/s1. The molecular formula is C27H33N3O4. The highest BCUT2D eigenvalue weighted by Gasteiger charge is 2.34. The van der Waals surface area contributed by atoms with Gasteiger partial charge in [-0.3, -0.25) is 0 Å². The zero-order valence-corrected chi connectivity index (χ0v) is 20.7. The number of anilines is 1. The lowest BCUT2D eigenvalue weighted by Crippen LogP contribution is -2.44. The molecule has 0 aliphatic carbocycles. The van der Waals surface area contributed by atoms with Gasteiger partial charge in [-0.1, -0.05) is 32.9 Å². The van der Waals surface area contributed by atoms with E-state index < -0.39 is 0 Å². The van der Waals surface area contributed by atoms with Crippen LogP contribution < -0.4 is 19.5 Å². The van der Waals surface area contributed by atoms with Gasteiger partial charge in [-0.05, 0) is 52.9 Å². The van der Waals surface area contributed by atoms with Crippen LogP contribution in [0.3, 0.4) is 0 Å². The van der Waals surface area contributed by atoms with E-state index in [2.05, 4.69) is 42.8 Å². The van der Waals surface area contributed by atoms with E-state index in [9.17, 15) is 4.79 Å². The van der Waals surface area contributed by atoms with Gasteiger partial charge in [0, 0.05) is 30.7 Å². The Balaban J connectivity index is 1.69. The van der Waals surface area contributed by atoms with Crippen LogP contribution in [0.2, 0.25) is 0 Å². The van der Waals surface area contributed by atoms with Gasteiger partial charge < -0.3 is 29.0 Å². The number of carbonyl (C=O) groups is 1. The number of rotatable bonds is 5. The van der Waals surface area contributed by atoms with Crippen molar-refractivity contribution in [3.63, 3.8) is 0 Å². The molecule has 0 saturated heterocycles. The van der Waals surface area contributed by atoms with E-state index in [1.54, 1.807) is 21.3 Å². The predicted molar refractivity (Wildman–Crippen MR) is 133 cm³/mol. The number of hydrogen-bond acceptors (Lipinski definition) is 4. The quantitative estimate of drug-likeness (QED) is 0.547. The summed E-state index contributed by atoms with van der Waals surface area (Å²) in [5, 5.41) is 3.08. The van der Waals surface area contributed by atoms with Gasteiger partial charge in [0.05, 0.1) is 27.4 Å². The van der Waals surface area contributed by atoms with E-state index >= 15 is 0 Å². The van der Waals surface area contributed by atoms with Gasteiger partial charge in [-0.15, -0.1) is 0 Å². The molecule has 0 saturated carbocycles. The molecule has 0 fully saturated rings. The fourth-order valence-corrected chi connectivity index (χ4v) is 4.46. The first-order chi connectivity index (χ1) is 16.3. The normalized spacial score (nSPS) is 15.5. The van der Waals surface area contributed by atoms with Gasteiger partial charge in [0.2, 0.25) is 5.75 Å². The van der Waals surface area contributed by atoms with Gasteiger partial charge in [-0.2, -0.15) is 0 Å². The molecule has 34 heavy (non-hydrogen) atoms. The predicted octanol–water partition coefficient (Wildman–Crippen LogP) is 5.45. The van der Waals surface area contributed by atoms with E-state index in [4.69, 9.17) is 14.2 Å². The number of nitrogens with one attached hydrogen (secondary N) is 1. The minimum atomic E-state index is -0.314. The van der Waals surface area contributed by atoms with Gasteiger partial charge in [0.15, 0.2) is 11.5 Å². The van der Waals surface area contributed by atoms with E-state index in [0.29, 0.717) is 23.8 Å². The minimum absolute atomic E-state index is 0.0540. The maximum atomic E-state index is 13.5. The van der Waals surface area contributed by atoms with Crippen LogP contribution in [0, 0.1) is 0 Å². The highest BCUT2D eigenvalue weighted by atomic mass is 16.5. The number of ether oxygens (including phenoxy) is 3. The smallest absolute Gasteiger partial charge is 0.322 e. The molecule has 0 radical (unpaired) electrons. The molecule has 0 bridgehead atoms. The van der Waals surface area contributed by atoms with Crippen LogP contribution in [0.15, 0.2) is 54.7 Å². The summed E-state index contributed by atoms with van der Waals surface area (Å²) in [6.45, 7) is 7.80. The summed E-state index contributed by atoms with van der Waals surface area (Å²) in [5.74, 6) is 1.63. The Labute approximate surface area is 201 Å². The number of carbonyl (C=O) groups excluding carboxylic acids is 1. The number of aromatic nitrogens is 1. The molecule has 0 spiro atoms.